The Morgan fingerprint density at radius 3 is 2.67 bits per heavy atom. The van der Waals surface area contributed by atoms with Gasteiger partial charge in [0.2, 0.25) is 0 Å². The molecule has 0 aromatic heterocycles. The number of benzene rings is 2. The van der Waals surface area contributed by atoms with Crippen LogP contribution in [-0.2, 0) is 19.5 Å². The van der Waals surface area contributed by atoms with E-state index < -0.39 is 0 Å². The summed E-state index contributed by atoms with van der Waals surface area (Å²) in [6, 6.07) is 14.9. The van der Waals surface area contributed by atoms with E-state index in [0.717, 1.165) is 25.2 Å². The number of hydrogen-bond acceptors (Lipinski definition) is 2. The zero-order valence-electron chi connectivity index (χ0n) is 10.7. The fourth-order valence-corrected chi connectivity index (χ4v) is 2.74. The summed E-state index contributed by atoms with van der Waals surface area (Å²) in [5.74, 6) is 0. The van der Waals surface area contributed by atoms with Gasteiger partial charge in [-0.1, -0.05) is 37.3 Å². The van der Waals surface area contributed by atoms with E-state index >= 15 is 0 Å². The lowest BCUT2D eigenvalue weighted by Crippen LogP contribution is -2.16. The van der Waals surface area contributed by atoms with Crippen LogP contribution in [0.15, 0.2) is 42.5 Å². The summed E-state index contributed by atoms with van der Waals surface area (Å²) in [6.45, 7) is 4.10. The lowest BCUT2D eigenvalue weighted by atomic mass is 10.1. The van der Waals surface area contributed by atoms with Crippen LogP contribution in [0.25, 0.3) is 0 Å². The number of hydrogen-bond donors (Lipinski definition) is 1. The molecule has 0 fully saturated rings. The molecule has 0 bridgehead atoms. The monoisotopic (exact) mass is 238 g/mol. The van der Waals surface area contributed by atoms with Gasteiger partial charge in [-0.15, -0.1) is 0 Å². The van der Waals surface area contributed by atoms with Crippen molar-refractivity contribution >= 4 is 11.4 Å². The minimum atomic E-state index is 0.920. The summed E-state index contributed by atoms with van der Waals surface area (Å²) < 4.78 is 0. The third kappa shape index (κ3) is 1.74. The second-order valence-electron chi connectivity index (χ2n) is 4.82. The van der Waals surface area contributed by atoms with Crippen LogP contribution in [0.2, 0.25) is 0 Å². The zero-order chi connectivity index (χ0) is 12.5. The van der Waals surface area contributed by atoms with Crippen molar-refractivity contribution in [2.75, 3.05) is 10.6 Å². The van der Waals surface area contributed by atoms with E-state index in [4.69, 9.17) is 5.73 Å². The van der Waals surface area contributed by atoms with Crippen LogP contribution in [0, 0.1) is 0 Å². The van der Waals surface area contributed by atoms with Crippen LogP contribution in [-0.4, -0.2) is 0 Å². The van der Waals surface area contributed by atoms with Gasteiger partial charge in [-0.05, 0) is 35.2 Å². The van der Waals surface area contributed by atoms with Gasteiger partial charge in [0, 0.05) is 24.5 Å². The maximum atomic E-state index is 6.06. The minimum absolute atomic E-state index is 0.920. The van der Waals surface area contributed by atoms with E-state index in [-0.39, 0.29) is 0 Å². The number of rotatable bonds is 2. The summed E-state index contributed by atoms with van der Waals surface area (Å²) in [6.07, 6.45) is 1.07. The molecule has 2 aromatic rings. The first-order valence-corrected chi connectivity index (χ1v) is 6.48. The fraction of sp³-hybridized carbons (Fsp3) is 0.250. The van der Waals surface area contributed by atoms with Crippen LogP contribution >= 0.6 is 0 Å². The van der Waals surface area contributed by atoms with Crippen LogP contribution in [0.3, 0.4) is 0 Å². The topological polar surface area (TPSA) is 29.3 Å². The van der Waals surface area contributed by atoms with Crippen LogP contribution < -0.4 is 10.6 Å². The molecular weight excluding hydrogens is 220 g/mol. The van der Waals surface area contributed by atoms with Crippen LogP contribution in [0.5, 0.6) is 0 Å². The number of nitrogens with two attached hydrogens (primary N) is 1. The normalized spacial score (nSPS) is 13.7. The Morgan fingerprint density at radius 2 is 1.89 bits per heavy atom. The Bertz CT molecular complexity index is 575. The van der Waals surface area contributed by atoms with Gasteiger partial charge in [-0.25, -0.2) is 0 Å². The van der Waals surface area contributed by atoms with Gasteiger partial charge >= 0.3 is 0 Å². The molecule has 2 aromatic carbocycles. The van der Waals surface area contributed by atoms with Gasteiger partial charge in [0.25, 0.3) is 0 Å². The highest BCUT2D eigenvalue weighted by Crippen LogP contribution is 2.33. The largest absolute Gasteiger partial charge is 0.398 e. The number of para-hydroxylation sites is 1. The van der Waals surface area contributed by atoms with Crippen LogP contribution in [0.1, 0.15) is 23.6 Å². The summed E-state index contributed by atoms with van der Waals surface area (Å²) in [7, 11) is 0. The highest BCUT2D eigenvalue weighted by molar-refractivity contribution is 5.62. The summed E-state index contributed by atoms with van der Waals surface area (Å²) in [5.41, 5.74) is 12.4. The van der Waals surface area contributed by atoms with Crippen molar-refractivity contribution in [1.82, 2.24) is 0 Å². The Morgan fingerprint density at radius 1 is 1.06 bits per heavy atom. The molecule has 0 radical (unpaired) electrons. The highest BCUT2D eigenvalue weighted by Gasteiger charge is 2.21. The lowest BCUT2D eigenvalue weighted by Gasteiger charge is -2.21. The highest BCUT2D eigenvalue weighted by atomic mass is 15.1. The molecule has 92 valence electrons. The maximum absolute atomic E-state index is 6.06. The van der Waals surface area contributed by atoms with Crippen molar-refractivity contribution < 1.29 is 0 Å². The first-order valence-electron chi connectivity index (χ1n) is 6.48. The third-order valence-corrected chi connectivity index (χ3v) is 3.73. The van der Waals surface area contributed by atoms with E-state index in [9.17, 15) is 0 Å². The van der Waals surface area contributed by atoms with E-state index in [1.54, 1.807) is 0 Å². The van der Waals surface area contributed by atoms with Crippen molar-refractivity contribution in [3.05, 3.63) is 59.2 Å². The quantitative estimate of drug-likeness (QED) is 0.813. The first-order chi connectivity index (χ1) is 8.79. The standard InChI is InChI=1S/C16H18N2/c1-2-12-6-3-4-9-16(12)18-10-13-7-5-8-15(17)14(13)11-18/h3-9H,2,10-11,17H2,1H3. The second kappa shape index (κ2) is 4.37. The van der Waals surface area contributed by atoms with E-state index in [1.165, 1.54) is 22.4 Å². The SMILES string of the molecule is CCc1ccccc1N1Cc2cccc(N)c2C1. The van der Waals surface area contributed by atoms with Crippen molar-refractivity contribution in [2.45, 2.75) is 26.4 Å². The molecule has 1 heterocycles. The molecule has 0 saturated heterocycles. The molecule has 1 aliphatic heterocycles. The molecule has 0 atom stereocenters. The zero-order valence-corrected chi connectivity index (χ0v) is 10.7. The molecule has 18 heavy (non-hydrogen) atoms. The van der Waals surface area contributed by atoms with Crippen LogP contribution in [0.4, 0.5) is 11.4 Å². The summed E-state index contributed by atoms with van der Waals surface area (Å²) >= 11 is 0. The Balaban J connectivity index is 1.96. The fourth-order valence-electron chi connectivity index (χ4n) is 2.74. The molecule has 0 amide bonds. The van der Waals surface area contributed by atoms with Gasteiger partial charge in [0.15, 0.2) is 0 Å². The van der Waals surface area contributed by atoms with Crippen molar-refractivity contribution in [3.8, 4) is 0 Å². The second-order valence-corrected chi connectivity index (χ2v) is 4.82. The number of nitrogen functional groups attached to an aromatic ring is 1. The average Bonchev–Trinajstić information content (AvgIpc) is 2.84. The molecule has 3 rings (SSSR count). The van der Waals surface area contributed by atoms with Crippen molar-refractivity contribution in [1.29, 1.82) is 0 Å². The molecule has 2 N–H and O–H groups in total. The third-order valence-electron chi connectivity index (χ3n) is 3.73. The molecule has 0 spiro atoms. The van der Waals surface area contributed by atoms with Gasteiger partial charge in [0.05, 0.1) is 0 Å². The first kappa shape index (κ1) is 11.1. The number of aryl methyl sites for hydroxylation is 1. The summed E-state index contributed by atoms with van der Waals surface area (Å²) in [5, 5.41) is 0. The molecule has 0 saturated carbocycles. The molecule has 0 aliphatic carbocycles. The van der Waals surface area contributed by atoms with E-state index in [0.29, 0.717) is 0 Å². The molecule has 2 nitrogen and oxygen atoms in total. The van der Waals surface area contributed by atoms with Gasteiger partial charge in [-0.2, -0.15) is 0 Å². The Kier molecular flexibility index (Phi) is 2.71. The Labute approximate surface area is 108 Å². The predicted octanol–water partition coefficient (Wildman–Crippen LogP) is 3.35. The lowest BCUT2D eigenvalue weighted by molar-refractivity contribution is 0.868. The van der Waals surface area contributed by atoms with Gasteiger partial charge in [-0.3, -0.25) is 0 Å². The molecule has 2 heteroatoms. The van der Waals surface area contributed by atoms with Gasteiger partial charge in [0.1, 0.15) is 0 Å². The summed E-state index contributed by atoms with van der Waals surface area (Å²) in [4.78, 5) is 2.42. The minimum Gasteiger partial charge on any atom is -0.398 e. The predicted molar refractivity (Wildman–Crippen MR) is 76.6 cm³/mol. The number of anilines is 2. The maximum Gasteiger partial charge on any atom is 0.0457 e. The Hall–Kier alpha value is -1.96. The smallest absolute Gasteiger partial charge is 0.0457 e. The number of nitrogens with zero attached hydrogens (tertiary/aromatic N) is 1. The molecule has 1 aliphatic rings. The molecule has 0 unspecified atom stereocenters. The molecular formula is C16H18N2. The van der Waals surface area contributed by atoms with Gasteiger partial charge < -0.3 is 10.6 Å². The van der Waals surface area contributed by atoms with E-state index in [1.807, 2.05) is 12.1 Å². The average molecular weight is 238 g/mol. The number of fused-ring (bicyclic) bond motifs is 1. The van der Waals surface area contributed by atoms with Crippen molar-refractivity contribution in [3.63, 3.8) is 0 Å². The van der Waals surface area contributed by atoms with E-state index in [2.05, 4.69) is 42.2 Å². The van der Waals surface area contributed by atoms with Crippen molar-refractivity contribution in [2.24, 2.45) is 0 Å².